The number of carbonyl (C=O) groups is 2. The van der Waals surface area contributed by atoms with Crippen molar-refractivity contribution in [3.63, 3.8) is 0 Å². The summed E-state index contributed by atoms with van der Waals surface area (Å²) in [5, 5.41) is 3.43. The Bertz CT molecular complexity index is 964. The molecule has 1 saturated carbocycles. The fourth-order valence-electron chi connectivity index (χ4n) is 3.80. The first-order valence-electron chi connectivity index (χ1n) is 9.70. The van der Waals surface area contributed by atoms with Crippen LogP contribution in [-0.2, 0) is 9.53 Å². The molecule has 0 saturated heterocycles. The average molecular weight is 406 g/mol. The molecule has 8 heteroatoms. The molecule has 0 radical (unpaired) electrons. The van der Waals surface area contributed by atoms with E-state index in [0.717, 1.165) is 24.2 Å². The molecule has 1 aliphatic carbocycles. The molecule has 2 N–H and O–H groups in total. The Morgan fingerprint density at radius 2 is 2.00 bits per heavy atom. The highest BCUT2D eigenvalue weighted by molar-refractivity contribution is 7.20. The second kappa shape index (κ2) is 8.03. The topological polar surface area (TPSA) is 101 Å². The number of nitrogens with zero attached hydrogens (tertiary/aromatic N) is 1. The molecule has 2 aromatic rings. The molecular formula is C20H27N3O4S. The lowest BCUT2D eigenvalue weighted by Crippen LogP contribution is -2.47. The average Bonchev–Trinajstić information content (AvgIpc) is 2.95. The van der Waals surface area contributed by atoms with Crippen LogP contribution in [0.3, 0.4) is 0 Å². The minimum absolute atomic E-state index is 0.106. The maximum atomic E-state index is 12.6. The highest BCUT2D eigenvalue weighted by atomic mass is 32.1. The van der Waals surface area contributed by atoms with Crippen molar-refractivity contribution in [3.8, 4) is 0 Å². The number of amides is 1. The predicted octanol–water partition coefficient (Wildman–Crippen LogP) is 3.09. The number of thiophene rings is 1. The smallest absolute Gasteiger partial charge is 0.349 e. The lowest BCUT2D eigenvalue weighted by atomic mass is 9.78. The summed E-state index contributed by atoms with van der Waals surface area (Å²) in [4.78, 5) is 45.0. The zero-order chi connectivity index (χ0) is 20.6. The monoisotopic (exact) mass is 405 g/mol. The molecule has 0 unspecified atom stereocenters. The quantitative estimate of drug-likeness (QED) is 0.761. The van der Waals surface area contributed by atoms with Crippen LogP contribution in [0.25, 0.3) is 10.2 Å². The van der Waals surface area contributed by atoms with Gasteiger partial charge < -0.3 is 15.0 Å². The highest BCUT2D eigenvalue weighted by Crippen LogP contribution is 2.30. The van der Waals surface area contributed by atoms with Crippen molar-refractivity contribution >= 4 is 33.4 Å². The van der Waals surface area contributed by atoms with E-state index in [0.29, 0.717) is 38.3 Å². The van der Waals surface area contributed by atoms with Crippen molar-refractivity contribution < 1.29 is 14.3 Å². The molecule has 7 nitrogen and oxygen atoms in total. The third-order valence-electron chi connectivity index (χ3n) is 5.79. The zero-order valence-corrected chi connectivity index (χ0v) is 17.7. The van der Waals surface area contributed by atoms with Crippen molar-refractivity contribution in [2.24, 2.45) is 11.8 Å². The van der Waals surface area contributed by atoms with E-state index in [9.17, 15) is 14.4 Å². The first-order chi connectivity index (χ1) is 13.2. The van der Waals surface area contributed by atoms with Crippen molar-refractivity contribution in [2.75, 3.05) is 0 Å². The molecule has 4 atom stereocenters. The van der Waals surface area contributed by atoms with Gasteiger partial charge in [-0.05, 0) is 44.6 Å². The predicted molar refractivity (Wildman–Crippen MR) is 109 cm³/mol. The van der Waals surface area contributed by atoms with Gasteiger partial charge in [-0.2, -0.15) is 0 Å². The number of aryl methyl sites for hydroxylation is 2. The van der Waals surface area contributed by atoms with Crippen molar-refractivity contribution in [3.05, 3.63) is 26.6 Å². The third kappa shape index (κ3) is 3.97. The first kappa shape index (κ1) is 20.5. The number of aromatic amines is 1. The second-order valence-corrected chi connectivity index (χ2v) is 8.82. The van der Waals surface area contributed by atoms with Gasteiger partial charge in [-0.3, -0.25) is 9.59 Å². The van der Waals surface area contributed by atoms with Crippen LogP contribution in [0.2, 0.25) is 0 Å². The van der Waals surface area contributed by atoms with Gasteiger partial charge in [0.1, 0.15) is 15.5 Å². The largest absolute Gasteiger partial charge is 0.448 e. The van der Waals surface area contributed by atoms with Crippen molar-refractivity contribution in [1.29, 1.82) is 0 Å². The summed E-state index contributed by atoms with van der Waals surface area (Å²) >= 11 is 1.11. The summed E-state index contributed by atoms with van der Waals surface area (Å²) in [6.45, 7) is 9.31. The van der Waals surface area contributed by atoms with Gasteiger partial charge in [0.2, 0.25) is 0 Å². The third-order valence-corrected chi connectivity index (χ3v) is 6.96. The van der Waals surface area contributed by atoms with Gasteiger partial charge in [-0.15, -0.1) is 11.3 Å². The van der Waals surface area contributed by atoms with Crippen LogP contribution in [0.15, 0.2) is 4.79 Å². The summed E-state index contributed by atoms with van der Waals surface area (Å²) in [6, 6.07) is 0.106. The molecule has 2 aromatic heterocycles. The van der Waals surface area contributed by atoms with Crippen LogP contribution in [0, 0.1) is 25.7 Å². The number of esters is 1. The van der Waals surface area contributed by atoms with E-state index in [1.165, 1.54) is 6.42 Å². The van der Waals surface area contributed by atoms with E-state index in [4.69, 9.17) is 4.74 Å². The number of fused-ring (bicyclic) bond motifs is 1. The molecule has 0 bridgehead atoms. The molecule has 0 aromatic carbocycles. The molecule has 0 spiro atoms. The highest BCUT2D eigenvalue weighted by Gasteiger charge is 2.30. The minimum Gasteiger partial charge on any atom is -0.448 e. The summed E-state index contributed by atoms with van der Waals surface area (Å²) < 4.78 is 5.40. The molecule has 152 valence electrons. The molecule has 28 heavy (non-hydrogen) atoms. The maximum absolute atomic E-state index is 12.6. The Balaban J connectivity index is 1.71. The van der Waals surface area contributed by atoms with Gasteiger partial charge >= 0.3 is 5.97 Å². The molecule has 1 amide bonds. The number of ether oxygens (including phenoxy) is 1. The van der Waals surface area contributed by atoms with Gasteiger partial charge in [-0.1, -0.05) is 26.7 Å². The molecule has 1 aliphatic rings. The second-order valence-electron chi connectivity index (χ2n) is 7.82. The number of hydrogen-bond acceptors (Lipinski definition) is 6. The Labute approximate surface area is 167 Å². The molecule has 3 rings (SSSR count). The number of rotatable bonds is 4. The van der Waals surface area contributed by atoms with Crippen molar-refractivity contribution in [1.82, 2.24) is 15.3 Å². The summed E-state index contributed by atoms with van der Waals surface area (Å²) in [7, 11) is 0. The number of carbonyl (C=O) groups excluding carboxylic acids is 2. The number of H-pyrrole nitrogens is 1. The lowest BCUT2D eigenvalue weighted by molar-refractivity contribution is -0.130. The maximum Gasteiger partial charge on any atom is 0.349 e. The lowest BCUT2D eigenvalue weighted by Gasteiger charge is -2.35. The minimum atomic E-state index is -0.908. The van der Waals surface area contributed by atoms with Gasteiger partial charge in [-0.25, -0.2) is 9.78 Å². The normalized spacial score (nSPS) is 23.4. The molecule has 2 heterocycles. The zero-order valence-electron chi connectivity index (χ0n) is 16.9. The van der Waals surface area contributed by atoms with Crippen LogP contribution < -0.4 is 10.9 Å². The molecule has 0 aliphatic heterocycles. The van der Waals surface area contributed by atoms with Crippen LogP contribution in [-0.4, -0.2) is 34.0 Å². The number of aromatic nitrogens is 2. The van der Waals surface area contributed by atoms with Gasteiger partial charge in [0.25, 0.3) is 11.5 Å². The number of hydrogen-bond donors (Lipinski definition) is 2. The summed E-state index contributed by atoms with van der Waals surface area (Å²) in [5.41, 5.74) is 0.252. The van der Waals surface area contributed by atoms with Gasteiger partial charge in [0.15, 0.2) is 6.10 Å². The van der Waals surface area contributed by atoms with Gasteiger partial charge in [0, 0.05) is 6.04 Å². The van der Waals surface area contributed by atoms with Crippen LogP contribution in [0.5, 0.6) is 0 Å². The number of nitrogens with one attached hydrogen (secondary N) is 2. The Morgan fingerprint density at radius 3 is 2.71 bits per heavy atom. The van der Waals surface area contributed by atoms with E-state index in [1.54, 1.807) is 20.8 Å². The fraction of sp³-hybridized carbons (Fsp3) is 0.600. The van der Waals surface area contributed by atoms with Crippen molar-refractivity contribution in [2.45, 2.75) is 66.0 Å². The Hall–Kier alpha value is -2.22. The standard InChI is InChI=1S/C20H27N3O4S/c1-9-7-6-8-14(10(9)2)23-17(24)12(4)27-20(26)16-11(3)15-18(25)21-13(5)22-19(15)28-16/h9-10,12,14H,6-8H2,1-5H3,(H,23,24)(H,21,22,25)/t9-,10-,12-,14+/m0/s1. The van der Waals surface area contributed by atoms with E-state index in [2.05, 4.69) is 29.1 Å². The Kier molecular flexibility index (Phi) is 5.88. The van der Waals surface area contributed by atoms with Gasteiger partial charge in [0.05, 0.1) is 5.39 Å². The van der Waals surface area contributed by atoms with Crippen LogP contribution in [0.4, 0.5) is 0 Å². The van der Waals surface area contributed by atoms with E-state index < -0.39 is 12.1 Å². The molecule has 1 fully saturated rings. The first-order valence-corrected chi connectivity index (χ1v) is 10.5. The SMILES string of the molecule is Cc1nc2sc(C(=O)O[C@@H](C)C(=O)N[C@@H]3CCC[C@H](C)[C@@H]3C)c(C)c2c(=O)[nH]1. The summed E-state index contributed by atoms with van der Waals surface area (Å²) in [5.74, 6) is 0.552. The summed E-state index contributed by atoms with van der Waals surface area (Å²) in [6.07, 6.45) is 2.30. The van der Waals surface area contributed by atoms with Crippen LogP contribution >= 0.6 is 11.3 Å². The Morgan fingerprint density at radius 1 is 1.29 bits per heavy atom. The van der Waals surface area contributed by atoms with E-state index in [1.807, 2.05) is 0 Å². The molecular weight excluding hydrogens is 378 g/mol. The van der Waals surface area contributed by atoms with Crippen LogP contribution in [0.1, 0.15) is 61.1 Å². The van der Waals surface area contributed by atoms with E-state index >= 15 is 0 Å². The van der Waals surface area contributed by atoms with E-state index in [-0.39, 0.29) is 17.5 Å². The fourth-order valence-corrected chi connectivity index (χ4v) is 4.91.